The van der Waals surface area contributed by atoms with Gasteiger partial charge in [0.2, 0.25) is 0 Å². The lowest BCUT2D eigenvalue weighted by molar-refractivity contribution is -0.894. The van der Waals surface area contributed by atoms with E-state index in [0.717, 1.165) is 17.4 Å². The van der Waals surface area contributed by atoms with Crippen LogP contribution >= 0.6 is 0 Å². The molecule has 32 heavy (non-hydrogen) atoms. The molecule has 0 aromatic heterocycles. The van der Waals surface area contributed by atoms with E-state index in [9.17, 15) is 4.79 Å². The molecule has 3 nitrogen and oxygen atoms in total. The summed E-state index contributed by atoms with van der Waals surface area (Å²) in [5.74, 6) is 0.331. The third-order valence-corrected chi connectivity index (χ3v) is 6.95. The van der Waals surface area contributed by atoms with Crippen molar-refractivity contribution in [3.63, 3.8) is 0 Å². The molecule has 0 unspecified atom stereocenters. The topological polar surface area (TPSA) is 26.3 Å². The molecule has 1 aromatic carbocycles. The Labute approximate surface area is 208 Å². The van der Waals surface area contributed by atoms with E-state index in [-0.39, 0.29) is 29.1 Å². The van der Waals surface area contributed by atoms with Gasteiger partial charge in [-0.25, -0.2) is 4.79 Å². The molecule has 0 heterocycles. The summed E-state index contributed by atoms with van der Waals surface area (Å²) >= 11 is 0. The quantitative estimate of drug-likeness (QED) is 0.199. The van der Waals surface area contributed by atoms with E-state index >= 15 is 0 Å². The first kappa shape index (κ1) is 29.2. The Morgan fingerprint density at radius 2 is 1.44 bits per heavy atom. The second-order valence-electron chi connectivity index (χ2n) is 10.4. The van der Waals surface area contributed by atoms with Gasteiger partial charge >= 0.3 is 5.97 Å². The molecule has 1 aliphatic rings. The van der Waals surface area contributed by atoms with Crippen LogP contribution in [-0.4, -0.2) is 43.7 Å². The molecule has 2 atom stereocenters. The third-order valence-electron chi connectivity index (χ3n) is 6.95. The molecule has 4 heteroatoms. The van der Waals surface area contributed by atoms with Crippen LogP contribution in [0.15, 0.2) is 30.3 Å². The summed E-state index contributed by atoms with van der Waals surface area (Å²) in [6, 6.07) is 9.45. The largest absolute Gasteiger partial charge is 1.00 e. The predicted octanol–water partition coefficient (Wildman–Crippen LogP) is 4.40. The van der Waals surface area contributed by atoms with Crippen LogP contribution in [0.1, 0.15) is 107 Å². The summed E-state index contributed by atoms with van der Waals surface area (Å²) in [5.41, 5.74) is 0.672. The minimum Gasteiger partial charge on any atom is -1.00 e. The highest BCUT2D eigenvalue weighted by Crippen LogP contribution is 2.29. The minimum absolute atomic E-state index is 0. The lowest BCUT2D eigenvalue weighted by Gasteiger charge is -2.38. The van der Waals surface area contributed by atoms with Crippen LogP contribution in [-0.2, 0) is 4.74 Å². The number of hydrogen-bond donors (Lipinski definition) is 0. The summed E-state index contributed by atoms with van der Waals surface area (Å²) in [5, 5.41) is 0. The summed E-state index contributed by atoms with van der Waals surface area (Å²) in [4.78, 5) is 12.6. The molecule has 0 radical (unpaired) electrons. The number of nitrogens with zero attached hydrogens (tertiary/aromatic N) is 1. The van der Waals surface area contributed by atoms with Crippen LogP contribution < -0.4 is 17.0 Å². The van der Waals surface area contributed by atoms with E-state index in [0.29, 0.717) is 11.5 Å². The van der Waals surface area contributed by atoms with Gasteiger partial charge in [-0.15, -0.1) is 0 Å². The van der Waals surface area contributed by atoms with Crippen molar-refractivity contribution >= 4 is 5.97 Å². The number of halogens is 1. The van der Waals surface area contributed by atoms with Crippen molar-refractivity contribution < 1.29 is 31.0 Å². The summed E-state index contributed by atoms with van der Waals surface area (Å²) in [6.45, 7) is 4.63. The first-order chi connectivity index (χ1) is 15.0. The summed E-state index contributed by atoms with van der Waals surface area (Å²) < 4.78 is 7.03. The Bertz CT molecular complexity index is 605. The van der Waals surface area contributed by atoms with Crippen molar-refractivity contribution in [1.29, 1.82) is 0 Å². The Kier molecular flexibility index (Phi) is 15.2. The fourth-order valence-corrected chi connectivity index (χ4v) is 5.07. The van der Waals surface area contributed by atoms with Crippen molar-refractivity contribution in [2.75, 3.05) is 27.2 Å². The van der Waals surface area contributed by atoms with Crippen LogP contribution in [0.3, 0.4) is 0 Å². The van der Waals surface area contributed by atoms with Gasteiger partial charge in [-0.2, -0.15) is 0 Å². The normalized spacial score (nSPS) is 18.7. The number of hydrogen-bond acceptors (Lipinski definition) is 2. The van der Waals surface area contributed by atoms with Gasteiger partial charge in [-0.1, -0.05) is 82.9 Å². The van der Waals surface area contributed by atoms with Crippen molar-refractivity contribution in [1.82, 2.24) is 0 Å². The number of benzene rings is 1. The molecule has 0 aliphatic heterocycles. The molecule has 0 spiro atoms. The molecular weight excluding hydrogens is 462 g/mol. The zero-order valence-corrected chi connectivity index (χ0v) is 22.6. The SMILES string of the molecule is CCCCCCCCCCCC[N+](C)(C)C[C@H]1CCCC[C@H]1OC(=O)c1ccccc1.[Br-]. The molecule has 1 aromatic rings. The highest BCUT2D eigenvalue weighted by Gasteiger charge is 2.33. The van der Waals surface area contributed by atoms with E-state index < -0.39 is 0 Å². The van der Waals surface area contributed by atoms with E-state index in [1.165, 1.54) is 90.0 Å². The zero-order chi connectivity index (χ0) is 22.4. The molecular formula is C28H48BrNO2. The van der Waals surface area contributed by atoms with E-state index in [1.807, 2.05) is 30.3 Å². The summed E-state index contributed by atoms with van der Waals surface area (Å²) in [6.07, 6.45) is 18.6. The zero-order valence-electron chi connectivity index (χ0n) is 21.0. The molecule has 2 rings (SSSR count). The van der Waals surface area contributed by atoms with E-state index in [4.69, 9.17) is 4.74 Å². The van der Waals surface area contributed by atoms with Crippen molar-refractivity contribution in [2.45, 2.75) is 103 Å². The van der Waals surface area contributed by atoms with Crippen molar-refractivity contribution in [3.8, 4) is 0 Å². The molecule has 1 fully saturated rings. The van der Waals surface area contributed by atoms with Crippen LogP contribution in [0.5, 0.6) is 0 Å². The number of carbonyl (C=O) groups excluding carboxylic acids is 1. The Morgan fingerprint density at radius 3 is 2.06 bits per heavy atom. The van der Waals surface area contributed by atoms with Crippen molar-refractivity contribution in [2.24, 2.45) is 5.92 Å². The maximum Gasteiger partial charge on any atom is 0.338 e. The maximum atomic E-state index is 12.6. The Balaban J connectivity index is 0.00000512. The van der Waals surface area contributed by atoms with Gasteiger partial charge in [0.25, 0.3) is 0 Å². The van der Waals surface area contributed by atoms with Gasteiger partial charge < -0.3 is 26.2 Å². The van der Waals surface area contributed by atoms with Gasteiger partial charge in [0.1, 0.15) is 6.10 Å². The molecule has 1 aliphatic carbocycles. The number of rotatable bonds is 15. The molecule has 0 saturated heterocycles. The number of quaternary nitrogens is 1. The second kappa shape index (κ2) is 16.7. The van der Waals surface area contributed by atoms with Crippen LogP contribution in [0, 0.1) is 5.92 Å². The molecule has 0 N–H and O–H groups in total. The second-order valence-corrected chi connectivity index (χ2v) is 10.4. The van der Waals surface area contributed by atoms with Crippen LogP contribution in [0.2, 0.25) is 0 Å². The monoisotopic (exact) mass is 509 g/mol. The standard InChI is InChI=1S/C28H48NO2.BrH/c1-4-5-6-7-8-9-10-11-12-18-23-29(2,3)24-26-21-16-17-22-27(26)31-28(30)25-19-14-13-15-20-25;/h13-15,19-20,26-27H,4-12,16-18,21-24H2,1-3H3;1H/q+1;/p-1/t26-,27-;/m1./s1. The lowest BCUT2D eigenvalue weighted by atomic mass is 9.85. The smallest absolute Gasteiger partial charge is 0.338 e. The van der Waals surface area contributed by atoms with Gasteiger partial charge in [0, 0.05) is 5.92 Å². The Morgan fingerprint density at radius 1 is 0.875 bits per heavy atom. The Hall–Kier alpha value is -0.870. The van der Waals surface area contributed by atoms with Crippen molar-refractivity contribution in [3.05, 3.63) is 35.9 Å². The average Bonchev–Trinajstić information content (AvgIpc) is 2.77. The maximum absolute atomic E-state index is 12.6. The number of ether oxygens (including phenoxy) is 1. The highest BCUT2D eigenvalue weighted by atomic mass is 79.9. The molecule has 1 saturated carbocycles. The fourth-order valence-electron chi connectivity index (χ4n) is 5.07. The first-order valence-electron chi connectivity index (χ1n) is 13.1. The minimum atomic E-state index is -0.155. The van der Waals surface area contributed by atoms with Gasteiger partial charge in [-0.3, -0.25) is 0 Å². The number of carbonyl (C=O) groups is 1. The van der Waals surface area contributed by atoms with Gasteiger partial charge in [-0.05, 0) is 44.2 Å². The first-order valence-corrected chi connectivity index (χ1v) is 13.1. The molecule has 0 bridgehead atoms. The van der Waals surface area contributed by atoms with Gasteiger partial charge in [0.05, 0.1) is 32.7 Å². The highest BCUT2D eigenvalue weighted by molar-refractivity contribution is 5.89. The predicted molar refractivity (Wildman–Crippen MR) is 131 cm³/mol. The van der Waals surface area contributed by atoms with Gasteiger partial charge in [0.15, 0.2) is 0 Å². The van der Waals surface area contributed by atoms with Crippen LogP contribution in [0.4, 0.5) is 0 Å². The number of unbranched alkanes of at least 4 members (excludes halogenated alkanes) is 9. The van der Waals surface area contributed by atoms with E-state index in [1.54, 1.807) is 0 Å². The van der Waals surface area contributed by atoms with E-state index in [2.05, 4.69) is 21.0 Å². The average molecular weight is 511 g/mol. The molecule has 184 valence electrons. The van der Waals surface area contributed by atoms with Crippen LogP contribution in [0.25, 0.3) is 0 Å². The third kappa shape index (κ3) is 11.8. The number of esters is 1. The molecule has 0 amide bonds. The summed E-state index contributed by atoms with van der Waals surface area (Å²) in [7, 11) is 4.72. The lowest BCUT2D eigenvalue weighted by Crippen LogP contribution is -3.00. The fraction of sp³-hybridized carbons (Fsp3) is 0.750.